The van der Waals surface area contributed by atoms with Crippen LogP contribution in [0.4, 0.5) is 0 Å². The number of nitrogens with one attached hydrogen (secondary N) is 1. The summed E-state index contributed by atoms with van der Waals surface area (Å²) in [6.07, 6.45) is 1.99. The number of carbonyl (C=O) groups excluding carboxylic acids is 2. The molecule has 29 heavy (non-hydrogen) atoms. The lowest BCUT2D eigenvalue weighted by atomic mass is 10.2. The van der Waals surface area contributed by atoms with Gasteiger partial charge in [-0.1, -0.05) is 23.7 Å². The second kappa shape index (κ2) is 8.52. The third-order valence-corrected chi connectivity index (χ3v) is 6.12. The lowest BCUT2D eigenvalue weighted by molar-refractivity contribution is -0.124. The van der Waals surface area contributed by atoms with Crippen molar-refractivity contribution in [2.45, 2.75) is 25.9 Å². The van der Waals surface area contributed by atoms with Gasteiger partial charge in [0.25, 0.3) is 5.91 Å². The van der Waals surface area contributed by atoms with Crippen LogP contribution in [0.1, 0.15) is 28.2 Å². The summed E-state index contributed by atoms with van der Waals surface area (Å²) >= 11 is 7.56. The highest BCUT2D eigenvalue weighted by molar-refractivity contribution is 7.20. The van der Waals surface area contributed by atoms with Gasteiger partial charge in [0, 0.05) is 18.5 Å². The number of halogens is 1. The number of para-hydroxylation sites is 1. The maximum absolute atomic E-state index is 12.4. The Bertz CT molecular complexity index is 1060. The van der Waals surface area contributed by atoms with E-state index in [1.165, 1.54) is 11.3 Å². The van der Waals surface area contributed by atoms with Crippen LogP contribution in [0.2, 0.25) is 5.02 Å². The summed E-state index contributed by atoms with van der Waals surface area (Å²) in [5.41, 5.74) is 1.52. The highest BCUT2D eigenvalue weighted by Gasteiger charge is 2.20. The summed E-state index contributed by atoms with van der Waals surface area (Å²) in [6.45, 7) is 2.71. The molecule has 1 aromatic carbocycles. The molecule has 0 unspecified atom stereocenters. The molecule has 1 atom stereocenters. The molecule has 3 heterocycles. The van der Waals surface area contributed by atoms with Crippen LogP contribution < -0.4 is 5.32 Å². The minimum Gasteiger partial charge on any atom is -0.451 e. The van der Waals surface area contributed by atoms with E-state index in [9.17, 15) is 9.59 Å². The van der Waals surface area contributed by atoms with Crippen LogP contribution in [0.5, 0.6) is 0 Å². The molecular formula is C20H20ClN3O4S. The number of hydrogen-bond acceptors (Lipinski definition) is 6. The first-order chi connectivity index (χ1) is 14.0. The van der Waals surface area contributed by atoms with Gasteiger partial charge in [0.15, 0.2) is 6.61 Å². The van der Waals surface area contributed by atoms with E-state index in [0.717, 1.165) is 41.0 Å². The molecule has 0 bridgehead atoms. The van der Waals surface area contributed by atoms with Crippen molar-refractivity contribution in [1.82, 2.24) is 15.1 Å². The van der Waals surface area contributed by atoms with Gasteiger partial charge in [-0.2, -0.15) is 5.10 Å². The number of hydrogen-bond donors (Lipinski definition) is 1. The monoisotopic (exact) mass is 433 g/mol. The number of thiophene rings is 1. The molecule has 1 saturated heterocycles. The van der Waals surface area contributed by atoms with Crippen molar-refractivity contribution in [2.75, 3.05) is 19.8 Å². The second-order valence-electron chi connectivity index (χ2n) is 6.79. The first-order valence-electron chi connectivity index (χ1n) is 9.32. The van der Waals surface area contributed by atoms with Crippen molar-refractivity contribution < 1.29 is 19.1 Å². The lowest BCUT2D eigenvalue weighted by Gasteiger charge is -2.10. The van der Waals surface area contributed by atoms with Gasteiger partial charge in [0.05, 0.1) is 22.5 Å². The number of aryl methyl sites for hydroxylation is 1. The Labute approximate surface area is 176 Å². The van der Waals surface area contributed by atoms with E-state index in [2.05, 4.69) is 10.4 Å². The Morgan fingerprint density at radius 3 is 3.00 bits per heavy atom. The van der Waals surface area contributed by atoms with Gasteiger partial charge in [-0.25, -0.2) is 9.48 Å². The fourth-order valence-corrected chi connectivity index (χ4v) is 4.51. The van der Waals surface area contributed by atoms with E-state index in [1.807, 2.05) is 25.1 Å². The van der Waals surface area contributed by atoms with Gasteiger partial charge in [-0.15, -0.1) is 11.3 Å². The Morgan fingerprint density at radius 1 is 1.41 bits per heavy atom. The molecule has 0 aliphatic carbocycles. The number of ether oxygens (including phenoxy) is 2. The first kappa shape index (κ1) is 19.9. The van der Waals surface area contributed by atoms with Crippen molar-refractivity contribution in [3.8, 4) is 5.69 Å². The van der Waals surface area contributed by atoms with Gasteiger partial charge >= 0.3 is 5.97 Å². The molecule has 1 aliphatic rings. The lowest BCUT2D eigenvalue weighted by Crippen LogP contribution is -2.34. The second-order valence-corrected chi connectivity index (χ2v) is 8.23. The number of esters is 1. The van der Waals surface area contributed by atoms with E-state index in [-0.39, 0.29) is 18.6 Å². The van der Waals surface area contributed by atoms with Crippen molar-refractivity contribution in [2.24, 2.45) is 0 Å². The molecule has 7 nitrogen and oxygen atoms in total. The maximum Gasteiger partial charge on any atom is 0.348 e. The van der Waals surface area contributed by atoms with Crippen LogP contribution in [-0.4, -0.2) is 47.5 Å². The van der Waals surface area contributed by atoms with E-state index in [0.29, 0.717) is 16.4 Å². The number of rotatable bonds is 6. The molecule has 1 N–H and O–H groups in total. The average Bonchev–Trinajstić information content (AvgIpc) is 3.44. The molecular weight excluding hydrogens is 414 g/mol. The molecule has 4 rings (SSSR count). The number of fused-ring (bicyclic) bond motifs is 1. The number of carbonyl (C=O) groups is 2. The minimum atomic E-state index is -0.538. The Balaban J connectivity index is 1.44. The topological polar surface area (TPSA) is 82.5 Å². The molecule has 1 aliphatic heterocycles. The molecule has 1 fully saturated rings. The highest BCUT2D eigenvalue weighted by Crippen LogP contribution is 2.32. The summed E-state index contributed by atoms with van der Waals surface area (Å²) in [4.78, 5) is 25.6. The van der Waals surface area contributed by atoms with Crippen molar-refractivity contribution in [3.05, 3.63) is 45.9 Å². The van der Waals surface area contributed by atoms with E-state index < -0.39 is 5.97 Å². The smallest absolute Gasteiger partial charge is 0.348 e. The van der Waals surface area contributed by atoms with Gasteiger partial charge < -0.3 is 14.8 Å². The fraction of sp³-hybridized carbons (Fsp3) is 0.350. The molecule has 3 aromatic rings. The molecule has 2 aromatic heterocycles. The van der Waals surface area contributed by atoms with E-state index >= 15 is 0 Å². The van der Waals surface area contributed by atoms with Crippen LogP contribution in [-0.2, 0) is 14.3 Å². The zero-order chi connectivity index (χ0) is 20.4. The number of nitrogens with zero attached hydrogens (tertiary/aromatic N) is 2. The van der Waals surface area contributed by atoms with Crippen LogP contribution >= 0.6 is 22.9 Å². The molecule has 9 heteroatoms. The van der Waals surface area contributed by atoms with Crippen LogP contribution in [0.25, 0.3) is 15.9 Å². The summed E-state index contributed by atoms with van der Waals surface area (Å²) in [7, 11) is 0. The van der Waals surface area contributed by atoms with E-state index in [1.54, 1.807) is 16.8 Å². The molecule has 1 amide bonds. The highest BCUT2D eigenvalue weighted by atomic mass is 35.5. The molecule has 0 spiro atoms. The van der Waals surface area contributed by atoms with Crippen molar-refractivity contribution in [3.63, 3.8) is 0 Å². The number of amides is 1. The molecule has 0 radical (unpaired) electrons. The van der Waals surface area contributed by atoms with Gasteiger partial charge in [-0.05, 0) is 38.0 Å². The zero-order valence-corrected chi connectivity index (χ0v) is 17.4. The maximum atomic E-state index is 12.4. The van der Waals surface area contributed by atoms with Crippen molar-refractivity contribution >= 4 is 45.0 Å². The Morgan fingerprint density at radius 2 is 2.24 bits per heavy atom. The largest absolute Gasteiger partial charge is 0.451 e. The summed E-state index contributed by atoms with van der Waals surface area (Å²) in [6, 6.07) is 9.12. The van der Waals surface area contributed by atoms with Gasteiger partial charge in [-0.3, -0.25) is 4.79 Å². The predicted octanol–water partition coefficient (Wildman–Crippen LogP) is 3.50. The summed E-state index contributed by atoms with van der Waals surface area (Å²) in [5, 5.41) is 8.68. The SMILES string of the molecule is Cc1nn(-c2ccccc2Cl)c2sc(C(=O)OCC(=O)NC[C@@H]3CCCO3)cc12. The molecule has 152 valence electrons. The fourth-order valence-electron chi connectivity index (χ4n) is 3.22. The zero-order valence-electron chi connectivity index (χ0n) is 15.8. The van der Waals surface area contributed by atoms with Crippen molar-refractivity contribution in [1.29, 1.82) is 0 Å². The number of benzene rings is 1. The molecule has 0 saturated carbocycles. The third kappa shape index (κ3) is 4.29. The normalized spacial score (nSPS) is 16.3. The minimum absolute atomic E-state index is 0.0491. The van der Waals surface area contributed by atoms with Gasteiger partial charge in [0.2, 0.25) is 0 Å². The Hall–Kier alpha value is -2.42. The van der Waals surface area contributed by atoms with Crippen LogP contribution in [0, 0.1) is 6.92 Å². The summed E-state index contributed by atoms with van der Waals surface area (Å²) in [5.74, 6) is -0.878. The standard InChI is InChI=1S/C20H20ClN3O4S/c1-12-14-9-17(20(26)28-11-18(25)22-10-13-5-4-8-27-13)29-19(14)24(23-12)16-7-3-2-6-15(16)21/h2-3,6-7,9,13H,4-5,8,10-11H2,1H3,(H,22,25)/t13-/m0/s1. The number of aromatic nitrogens is 2. The van der Waals surface area contributed by atoms with E-state index in [4.69, 9.17) is 21.1 Å². The van der Waals surface area contributed by atoms with Crippen LogP contribution in [0.3, 0.4) is 0 Å². The van der Waals surface area contributed by atoms with Crippen LogP contribution in [0.15, 0.2) is 30.3 Å². The summed E-state index contributed by atoms with van der Waals surface area (Å²) < 4.78 is 12.4. The predicted molar refractivity (Wildman–Crippen MR) is 111 cm³/mol. The quantitative estimate of drug-likeness (QED) is 0.601. The first-order valence-corrected chi connectivity index (χ1v) is 10.5. The van der Waals surface area contributed by atoms with Gasteiger partial charge in [0.1, 0.15) is 9.71 Å². The average molecular weight is 434 g/mol. The Kier molecular flexibility index (Phi) is 5.84. The third-order valence-electron chi connectivity index (χ3n) is 4.71.